The third kappa shape index (κ3) is 2.43. The van der Waals surface area contributed by atoms with Crippen LogP contribution in [0.1, 0.15) is 32.1 Å². The zero-order chi connectivity index (χ0) is 12.5. The Morgan fingerprint density at radius 1 is 1.17 bits per heavy atom. The highest BCUT2D eigenvalue weighted by molar-refractivity contribution is 9.10. The lowest BCUT2D eigenvalue weighted by molar-refractivity contribution is 0.0608. The van der Waals surface area contributed by atoms with Gasteiger partial charge in [-0.1, -0.05) is 18.6 Å². The first-order valence-electron chi connectivity index (χ1n) is 6.97. The predicted molar refractivity (Wildman–Crippen MR) is 80.0 cm³/mol. The van der Waals surface area contributed by atoms with E-state index in [4.69, 9.17) is 0 Å². The van der Waals surface area contributed by atoms with Gasteiger partial charge in [0.05, 0.1) is 0 Å². The number of anilines is 1. The number of nitrogens with one attached hydrogen (secondary N) is 1. The normalized spacial score (nSPS) is 32.2. The van der Waals surface area contributed by atoms with Crippen LogP contribution in [0.25, 0.3) is 0 Å². The van der Waals surface area contributed by atoms with Crippen molar-refractivity contribution in [2.24, 2.45) is 0 Å². The third-order valence-electron chi connectivity index (χ3n) is 4.57. The molecular weight excluding hydrogens is 288 g/mol. The van der Waals surface area contributed by atoms with Crippen LogP contribution in [-0.4, -0.2) is 30.1 Å². The van der Waals surface area contributed by atoms with Crippen LogP contribution in [0.5, 0.6) is 0 Å². The number of halogens is 1. The Morgan fingerprint density at radius 2 is 1.83 bits per heavy atom. The molecule has 3 heteroatoms. The molecule has 3 rings (SSSR count). The van der Waals surface area contributed by atoms with Crippen LogP contribution in [0.2, 0.25) is 0 Å². The molecule has 2 atom stereocenters. The number of para-hydroxylation sites is 1. The van der Waals surface area contributed by atoms with E-state index in [9.17, 15) is 0 Å². The molecule has 1 aromatic rings. The Hall–Kier alpha value is -0.540. The van der Waals surface area contributed by atoms with Gasteiger partial charge >= 0.3 is 0 Å². The maximum Gasteiger partial charge on any atom is 0.0486 e. The van der Waals surface area contributed by atoms with Crippen molar-refractivity contribution in [1.29, 1.82) is 0 Å². The molecule has 0 amide bonds. The molecule has 2 saturated heterocycles. The van der Waals surface area contributed by atoms with Gasteiger partial charge in [-0.3, -0.25) is 0 Å². The second-order valence-electron chi connectivity index (χ2n) is 5.70. The highest BCUT2D eigenvalue weighted by Crippen LogP contribution is 2.34. The van der Waals surface area contributed by atoms with Gasteiger partial charge < -0.3 is 10.2 Å². The zero-order valence-electron chi connectivity index (χ0n) is 10.9. The highest BCUT2D eigenvalue weighted by Gasteiger charge is 2.35. The maximum atomic E-state index is 3.72. The van der Waals surface area contributed by atoms with Crippen molar-refractivity contribution in [1.82, 2.24) is 4.90 Å². The summed E-state index contributed by atoms with van der Waals surface area (Å²) in [5.74, 6) is 0. The first-order valence-corrected chi connectivity index (χ1v) is 7.76. The molecule has 0 radical (unpaired) electrons. The van der Waals surface area contributed by atoms with E-state index in [-0.39, 0.29) is 0 Å². The molecule has 2 fully saturated rings. The van der Waals surface area contributed by atoms with Crippen molar-refractivity contribution in [3.63, 3.8) is 0 Å². The van der Waals surface area contributed by atoms with Gasteiger partial charge in [-0.05, 0) is 60.8 Å². The van der Waals surface area contributed by atoms with Gasteiger partial charge in [-0.15, -0.1) is 0 Å². The van der Waals surface area contributed by atoms with Crippen LogP contribution < -0.4 is 5.32 Å². The Bertz CT molecular complexity index is 407. The summed E-state index contributed by atoms with van der Waals surface area (Å²) in [7, 11) is 2.31. The summed E-state index contributed by atoms with van der Waals surface area (Å²) in [6.07, 6.45) is 6.74. The fourth-order valence-corrected chi connectivity index (χ4v) is 3.93. The summed E-state index contributed by atoms with van der Waals surface area (Å²) in [4.78, 5) is 2.61. The number of piperidine rings is 2. The minimum atomic E-state index is 0.634. The van der Waals surface area contributed by atoms with E-state index in [1.54, 1.807) is 0 Å². The lowest BCUT2D eigenvalue weighted by atomic mass is 9.82. The third-order valence-corrected chi connectivity index (χ3v) is 5.26. The second-order valence-corrected chi connectivity index (χ2v) is 6.55. The average Bonchev–Trinajstić information content (AvgIpc) is 2.33. The summed E-state index contributed by atoms with van der Waals surface area (Å²) in [6.45, 7) is 0. The topological polar surface area (TPSA) is 15.3 Å². The SMILES string of the molecule is CN1[C@H]2CCC[C@H]1CC(Nc1ccccc1Br)C2. The number of rotatable bonds is 2. The lowest BCUT2D eigenvalue weighted by Crippen LogP contribution is -2.52. The molecule has 0 saturated carbocycles. The molecule has 2 heterocycles. The smallest absolute Gasteiger partial charge is 0.0486 e. The van der Waals surface area contributed by atoms with Crippen molar-refractivity contribution < 1.29 is 0 Å². The van der Waals surface area contributed by atoms with E-state index in [1.807, 2.05) is 0 Å². The zero-order valence-corrected chi connectivity index (χ0v) is 12.5. The number of nitrogens with zero attached hydrogens (tertiary/aromatic N) is 1. The van der Waals surface area contributed by atoms with E-state index in [1.165, 1.54) is 42.3 Å². The quantitative estimate of drug-likeness (QED) is 0.892. The van der Waals surface area contributed by atoms with Gasteiger partial charge in [0.15, 0.2) is 0 Å². The van der Waals surface area contributed by atoms with Gasteiger partial charge in [0, 0.05) is 28.3 Å². The van der Waals surface area contributed by atoms with Crippen LogP contribution >= 0.6 is 15.9 Å². The van der Waals surface area contributed by atoms with Gasteiger partial charge in [-0.25, -0.2) is 0 Å². The fraction of sp³-hybridized carbons (Fsp3) is 0.600. The first-order chi connectivity index (χ1) is 8.74. The summed E-state index contributed by atoms with van der Waals surface area (Å²) in [5.41, 5.74) is 1.24. The molecule has 18 heavy (non-hydrogen) atoms. The second kappa shape index (κ2) is 5.22. The van der Waals surface area contributed by atoms with Crippen molar-refractivity contribution in [2.45, 2.75) is 50.2 Å². The predicted octanol–water partition coefficient (Wildman–Crippen LogP) is 3.88. The Morgan fingerprint density at radius 3 is 2.50 bits per heavy atom. The number of fused-ring (bicyclic) bond motifs is 2. The Balaban J connectivity index is 1.70. The molecule has 1 N–H and O–H groups in total. The number of benzene rings is 1. The van der Waals surface area contributed by atoms with Gasteiger partial charge in [0.2, 0.25) is 0 Å². The molecule has 1 aromatic carbocycles. The summed E-state index contributed by atoms with van der Waals surface area (Å²) in [5, 5.41) is 3.72. The van der Waals surface area contributed by atoms with E-state index < -0.39 is 0 Å². The van der Waals surface area contributed by atoms with Gasteiger partial charge in [0.1, 0.15) is 0 Å². The standard InChI is InChI=1S/C15H21BrN2/c1-18-12-5-4-6-13(18)10-11(9-12)17-15-8-3-2-7-14(15)16/h2-3,7-8,11-13,17H,4-6,9-10H2,1H3/t12-,13-/m0/s1. The Kier molecular flexibility index (Phi) is 3.62. The molecular formula is C15H21BrN2. The van der Waals surface area contributed by atoms with E-state index >= 15 is 0 Å². The average molecular weight is 309 g/mol. The molecule has 0 aliphatic carbocycles. The molecule has 0 spiro atoms. The largest absolute Gasteiger partial charge is 0.381 e. The van der Waals surface area contributed by atoms with Crippen LogP contribution in [-0.2, 0) is 0 Å². The van der Waals surface area contributed by atoms with Crippen LogP contribution in [0.4, 0.5) is 5.69 Å². The molecule has 2 bridgehead atoms. The van der Waals surface area contributed by atoms with E-state index in [0.717, 1.165) is 12.1 Å². The van der Waals surface area contributed by atoms with Crippen molar-refractivity contribution in [3.8, 4) is 0 Å². The van der Waals surface area contributed by atoms with E-state index in [0.29, 0.717) is 6.04 Å². The molecule has 0 aromatic heterocycles. The van der Waals surface area contributed by atoms with Crippen LogP contribution in [0, 0.1) is 0 Å². The van der Waals surface area contributed by atoms with Crippen molar-refractivity contribution in [2.75, 3.05) is 12.4 Å². The molecule has 2 nitrogen and oxygen atoms in total. The van der Waals surface area contributed by atoms with Crippen molar-refractivity contribution >= 4 is 21.6 Å². The molecule has 0 unspecified atom stereocenters. The number of hydrogen-bond acceptors (Lipinski definition) is 2. The lowest BCUT2D eigenvalue weighted by Gasteiger charge is -2.47. The monoisotopic (exact) mass is 308 g/mol. The summed E-state index contributed by atoms with van der Waals surface area (Å²) >= 11 is 3.62. The summed E-state index contributed by atoms with van der Waals surface area (Å²) in [6, 6.07) is 10.7. The molecule has 2 aliphatic rings. The minimum Gasteiger partial charge on any atom is -0.381 e. The fourth-order valence-electron chi connectivity index (χ4n) is 3.53. The summed E-state index contributed by atoms with van der Waals surface area (Å²) < 4.78 is 1.18. The number of hydrogen-bond donors (Lipinski definition) is 1. The van der Waals surface area contributed by atoms with E-state index in [2.05, 4.69) is 57.5 Å². The van der Waals surface area contributed by atoms with Gasteiger partial charge in [0.25, 0.3) is 0 Å². The van der Waals surface area contributed by atoms with Crippen molar-refractivity contribution in [3.05, 3.63) is 28.7 Å². The van der Waals surface area contributed by atoms with Crippen LogP contribution in [0.15, 0.2) is 28.7 Å². The Labute approximate surface area is 118 Å². The maximum absolute atomic E-state index is 3.72. The highest BCUT2D eigenvalue weighted by atomic mass is 79.9. The molecule has 98 valence electrons. The molecule has 2 aliphatic heterocycles. The van der Waals surface area contributed by atoms with Crippen LogP contribution in [0.3, 0.4) is 0 Å². The van der Waals surface area contributed by atoms with Gasteiger partial charge in [-0.2, -0.15) is 0 Å². The minimum absolute atomic E-state index is 0.634. The first kappa shape index (κ1) is 12.5.